The number of para-hydroxylation sites is 3. The molecule has 1 aliphatic heterocycles. The van der Waals surface area contributed by atoms with E-state index in [2.05, 4.69) is 17.0 Å². The predicted octanol–water partition coefficient (Wildman–Crippen LogP) is 6.70. The lowest BCUT2D eigenvalue weighted by Crippen LogP contribution is -2.32. The van der Waals surface area contributed by atoms with Crippen molar-refractivity contribution < 1.29 is 14.3 Å². The Hall–Kier alpha value is -4.81. The van der Waals surface area contributed by atoms with Crippen LogP contribution in [0.3, 0.4) is 0 Å². The van der Waals surface area contributed by atoms with Crippen molar-refractivity contribution in [1.82, 2.24) is 9.88 Å². The van der Waals surface area contributed by atoms with Crippen LogP contribution in [0.15, 0.2) is 115 Å². The molecule has 6 heteroatoms. The second-order valence-electron chi connectivity index (χ2n) is 10.2. The van der Waals surface area contributed by atoms with Crippen molar-refractivity contribution in [2.75, 3.05) is 18.1 Å². The molecule has 4 aromatic carbocycles. The molecule has 0 atom stereocenters. The van der Waals surface area contributed by atoms with Gasteiger partial charge in [0.05, 0.1) is 17.5 Å². The van der Waals surface area contributed by atoms with Gasteiger partial charge in [0.2, 0.25) is 5.91 Å². The molecule has 0 N–H and O–H groups in total. The lowest BCUT2D eigenvalue weighted by Gasteiger charge is -2.30. The monoisotopic (exact) mass is 541 g/mol. The van der Waals surface area contributed by atoms with Gasteiger partial charge in [0.15, 0.2) is 0 Å². The van der Waals surface area contributed by atoms with Crippen molar-refractivity contribution >= 4 is 34.2 Å². The fourth-order valence-corrected chi connectivity index (χ4v) is 5.46. The Morgan fingerprint density at radius 1 is 0.780 bits per heavy atom. The number of ether oxygens (including phenoxy) is 1. The molecule has 0 bridgehead atoms. The number of hydrogen-bond donors (Lipinski definition) is 0. The first-order chi connectivity index (χ1) is 20.2. The Morgan fingerprint density at radius 3 is 2.07 bits per heavy atom. The average molecular weight is 542 g/mol. The van der Waals surface area contributed by atoms with Crippen molar-refractivity contribution in [3.05, 3.63) is 138 Å². The smallest absolute Gasteiger partial charge is 0.339 e. The molecule has 6 nitrogen and oxygen atoms in total. The lowest BCUT2D eigenvalue weighted by atomic mass is 9.95. The van der Waals surface area contributed by atoms with E-state index in [1.165, 1.54) is 5.56 Å². The fraction of sp³-hybridized carbons (Fsp3) is 0.171. The van der Waals surface area contributed by atoms with Crippen molar-refractivity contribution in [2.24, 2.45) is 0 Å². The molecule has 0 radical (unpaired) electrons. The Balaban J connectivity index is 1.22. The quantitative estimate of drug-likeness (QED) is 0.205. The van der Waals surface area contributed by atoms with E-state index in [1.54, 1.807) is 4.90 Å². The highest BCUT2D eigenvalue weighted by Crippen LogP contribution is 2.30. The van der Waals surface area contributed by atoms with E-state index in [0.29, 0.717) is 12.1 Å². The van der Waals surface area contributed by atoms with E-state index in [9.17, 15) is 9.59 Å². The first-order valence-corrected chi connectivity index (χ1v) is 13.9. The molecule has 0 spiro atoms. The molecule has 0 saturated heterocycles. The number of carbonyl (C=O) groups excluding carboxylic acids is 2. The number of anilines is 2. The summed E-state index contributed by atoms with van der Waals surface area (Å²) in [5, 5.41) is 0.777. The summed E-state index contributed by atoms with van der Waals surface area (Å²) in [6, 6.07) is 37.1. The van der Waals surface area contributed by atoms with Gasteiger partial charge in [-0.25, -0.2) is 4.79 Å². The van der Waals surface area contributed by atoms with Gasteiger partial charge in [-0.2, -0.15) is 0 Å². The molecule has 1 aliphatic rings. The van der Waals surface area contributed by atoms with Crippen molar-refractivity contribution in [3.8, 4) is 0 Å². The number of pyridine rings is 1. The van der Waals surface area contributed by atoms with E-state index in [0.717, 1.165) is 53.0 Å². The van der Waals surface area contributed by atoms with Crippen molar-refractivity contribution in [2.45, 2.75) is 25.9 Å². The van der Waals surface area contributed by atoms with Crippen LogP contribution in [0.25, 0.3) is 10.9 Å². The zero-order chi connectivity index (χ0) is 28.0. The van der Waals surface area contributed by atoms with Gasteiger partial charge in [0.25, 0.3) is 0 Å². The number of benzene rings is 4. The number of carbonyl (C=O) groups is 2. The van der Waals surface area contributed by atoms with E-state index >= 15 is 0 Å². The Kier molecular flexibility index (Phi) is 7.83. The number of aromatic nitrogens is 1. The predicted molar refractivity (Wildman–Crippen MR) is 161 cm³/mol. The maximum atomic E-state index is 13.7. The van der Waals surface area contributed by atoms with Gasteiger partial charge >= 0.3 is 5.97 Å². The third-order valence-electron chi connectivity index (χ3n) is 7.41. The summed E-state index contributed by atoms with van der Waals surface area (Å²) in [6.07, 6.45) is 0.815. The third-order valence-corrected chi connectivity index (χ3v) is 7.41. The van der Waals surface area contributed by atoms with Gasteiger partial charge in [-0.05, 0) is 35.9 Å². The molecule has 5 aromatic rings. The van der Waals surface area contributed by atoms with Crippen LogP contribution in [0, 0.1) is 0 Å². The Labute approximate surface area is 239 Å². The van der Waals surface area contributed by atoms with Crippen molar-refractivity contribution in [3.63, 3.8) is 0 Å². The molecule has 41 heavy (non-hydrogen) atoms. The minimum atomic E-state index is -0.416. The molecule has 6 rings (SSSR count). The number of nitrogens with zero attached hydrogens (tertiary/aromatic N) is 3. The van der Waals surface area contributed by atoms with Crippen LogP contribution in [0.1, 0.15) is 33.6 Å². The molecule has 0 unspecified atom stereocenters. The molecular formula is C35H31N3O3. The number of fused-ring (bicyclic) bond motifs is 2. The highest BCUT2D eigenvalue weighted by molar-refractivity contribution is 6.05. The topological polar surface area (TPSA) is 62.7 Å². The summed E-state index contributed by atoms with van der Waals surface area (Å²) in [6.45, 7) is 2.25. The zero-order valence-corrected chi connectivity index (χ0v) is 22.8. The van der Waals surface area contributed by atoms with Crippen LogP contribution in [-0.4, -0.2) is 34.9 Å². The number of hydrogen-bond acceptors (Lipinski definition) is 5. The molecule has 0 saturated carbocycles. The molecule has 0 fully saturated rings. The average Bonchev–Trinajstić information content (AvgIpc) is 3.01. The standard InChI is InChI=1S/C35H31N3O3/c39-33(38(27-14-6-2-7-15-27)28-16-8-3-9-17-28)21-23-41-35(40)34-29-18-10-11-19-31(29)36-32-20-22-37(25-30(32)34)24-26-12-4-1-5-13-26/h1-19H,20-25H2. The number of rotatable bonds is 8. The van der Waals surface area contributed by atoms with E-state index in [-0.39, 0.29) is 18.9 Å². The minimum absolute atomic E-state index is 0.0208. The largest absolute Gasteiger partial charge is 0.462 e. The summed E-state index contributed by atoms with van der Waals surface area (Å²) in [7, 11) is 0. The van der Waals surface area contributed by atoms with E-state index in [1.807, 2.05) is 103 Å². The van der Waals surface area contributed by atoms with Crippen LogP contribution >= 0.6 is 0 Å². The molecule has 1 aromatic heterocycles. The van der Waals surface area contributed by atoms with Gasteiger partial charge in [0.1, 0.15) is 6.61 Å². The van der Waals surface area contributed by atoms with Crippen LogP contribution < -0.4 is 4.90 Å². The zero-order valence-electron chi connectivity index (χ0n) is 22.8. The normalized spacial score (nSPS) is 13.0. The molecule has 1 amide bonds. The van der Waals surface area contributed by atoms with Crippen LogP contribution in [0.5, 0.6) is 0 Å². The highest BCUT2D eigenvalue weighted by Gasteiger charge is 2.27. The second-order valence-corrected chi connectivity index (χ2v) is 10.2. The lowest BCUT2D eigenvalue weighted by molar-refractivity contribution is -0.118. The maximum Gasteiger partial charge on any atom is 0.339 e. The van der Waals surface area contributed by atoms with Gasteiger partial charge in [-0.3, -0.25) is 19.6 Å². The van der Waals surface area contributed by atoms with Gasteiger partial charge < -0.3 is 4.74 Å². The third kappa shape index (κ3) is 5.88. The SMILES string of the molecule is O=C(OCCC(=O)N(c1ccccc1)c1ccccc1)c1c2c(nc3ccccc13)CCN(Cc1ccccc1)C2. The summed E-state index contributed by atoms with van der Waals surface area (Å²) >= 11 is 0. The van der Waals surface area contributed by atoms with E-state index < -0.39 is 5.97 Å². The first kappa shape index (κ1) is 26.4. The van der Waals surface area contributed by atoms with Crippen LogP contribution in [-0.2, 0) is 29.0 Å². The van der Waals surface area contributed by atoms with Gasteiger partial charge in [0, 0.05) is 54.1 Å². The number of esters is 1. The first-order valence-electron chi connectivity index (χ1n) is 13.9. The van der Waals surface area contributed by atoms with Crippen LogP contribution in [0.2, 0.25) is 0 Å². The van der Waals surface area contributed by atoms with Crippen LogP contribution in [0.4, 0.5) is 11.4 Å². The van der Waals surface area contributed by atoms with Crippen molar-refractivity contribution in [1.29, 1.82) is 0 Å². The fourth-order valence-electron chi connectivity index (χ4n) is 5.46. The second kappa shape index (κ2) is 12.1. The summed E-state index contributed by atoms with van der Waals surface area (Å²) < 4.78 is 5.82. The molecule has 204 valence electrons. The molecule has 0 aliphatic carbocycles. The Morgan fingerprint density at radius 2 is 1.39 bits per heavy atom. The van der Waals surface area contributed by atoms with Gasteiger partial charge in [-0.15, -0.1) is 0 Å². The molecule has 2 heterocycles. The van der Waals surface area contributed by atoms with Gasteiger partial charge in [-0.1, -0.05) is 84.9 Å². The minimum Gasteiger partial charge on any atom is -0.462 e. The Bertz CT molecular complexity index is 1620. The maximum absolute atomic E-state index is 13.7. The summed E-state index contributed by atoms with van der Waals surface area (Å²) in [5.41, 5.74) is 5.95. The highest BCUT2D eigenvalue weighted by atomic mass is 16.5. The summed E-state index contributed by atoms with van der Waals surface area (Å²) in [5.74, 6) is -0.564. The van der Waals surface area contributed by atoms with E-state index in [4.69, 9.17) is 9.72 Å². The summed E-state index contributed by atoms with van der Waals surface area (Å²) in [4.78, 5) is 36.0. The molecular weight excluding hydrogens is 510 g/mol. The number of amides is 1.